The second kappa shape index (κ2) is 6.60. The molecule has 2 aromatic heterocycles. The van der Waals surface area contributed by atoms with E-state index in [2.05, 4.69) is 15.4 Å². The summed E-state index contributed by atoms with van der Waals surface area (Å²) in [5, 5.41) is 7.53. The molecule has 6 heteroatoms. The molecular formula is C16H22N4OS. The van der Waals surface area contributed by atoms with Crippen LogP contribution in [-0.2, 0) is 11.2 Å². The fraction of sp³-hybridized carbons (Fsp3) is 0.562. The van der Waals surface area contributed by atoms with Gasteiger partial charge in [0.2, 0.25) is 5.91 Å². The van der Waals surface area contributed by atoms with E-state index in [9.17, 15) is 4.79 Å². The van der Waals surface area contributed by atoms with Crippen molar-refractivity contribution in [1.82, 2.24) is 14.8 Å². The molecule has 1 amide bonds. The van der Waals surface area contributed by atoms with E-state index in [-0.39, 0.29) is 5.91 Å². The van der Waals surface area contributed by atoms with Gasteiger partial charge >= 0.3 is 0 Å². The number of thiazole rings is 1. The van der Waals surface area contributed by atoms with E-state index in [0.29, 0.717) is 12.5 Å². The third-order valence-corrected chi connectivity index (χ3v) is 5.33. The zero-order valence-corrected chi connectivity index (χ0v) is 13.9. The average molecular weight is 318 g/mol. The second-order valence-corrected chi connectivity index (χ2v) is 6.91. The maximum absolute atomic E-state index is 12.3. The van der Waals surface area contributed by atoms with Crippen LogP contribution in [0.15, 0.2) is 11.7 Å². The molecule has 1 saturated carbocycles. The van der Waals surface area contributed by atoms with Gasteiger partial charge in [-0.15, -0.1) is 11.3 Å². The summed E-state index contributed by atoms with van der Waals surface area (Å²) in [5.41, 5.74) is 3.90. The van der Waals surface area contributed by atoms with E-state index in [1.807, 2.05) is 30.2 Å². The summed E-state index contributed by atoms with van der Waals surface area (Å²) in [6.45, 7) is 3.99. The molecule has 22 heavy (non-hydrogen) atoms. The van der Waals surface area contributed by atoms with Gasteiger partial charge in [-0.3, -0.25) is 4.79 Å². The standard InChI is InChI=1S/C16H22N4OS/c1-11-9-18-20(13-5-3-4-6-13)16(11)19-15(21)8-7-14-12(2)17-10-22-14/h9-10,13H,3-8H2,1-2H3,(H,19,21). The summed E-state index contributed by atoms with van der Waals surface area (Å²) in [7, 11) is 0. The van der Waals surface area contributed by atoms with Crippen LogP contribution in [0, 0.1) is 13.8 Å². The molecule has 0 atom stereocenters. The van der Waals surface area contributed by atoms with Crippen molar-refractivity contribution in [2.24, 2.45) is 0 Å². The Morgan fingerprint density at radius 1 is 1.41 bits per heavy atom. The summed E-state index contributed by atoms with van der Waals surface area (Å²) in [6.07, 6.45) is 7.90. The number of amides is 1. The molecule has 1 aliphatic carbocycles. The highest BCUT2D eigenvalue weighted by atomic mass is 32.1. The van der Waals surface area contributed by atoms with Crippen molar-refractivity contribution in [3.05, 3.63) is 27.8 Å². The first-order chi connectivity index (χ1) is 10.6. The molecule has 0 bridgehead atoms. The van der Waals surface area contributed by atoms with Crippen LogP contribution in [0.5, 0.6) is 0 Å². The number of nitrogens with zero attached hydrogens (tertiary/aromatic N) is 3. The Kier molecular flexibility index (Phi) is 4.57. The van der Waals surface area contributed by atoms with Crippen LogP contribution in [-0.4, -0.2) is 20.7 Å². The molecule has 0 radical (unpaired) electrons. The molecule has 1 aliphatic rings. The normalized spacial score (nSPS) is 15.4. The van der Waals surface area contributed by atoms with Gasteiger partial charge in [-0.25, -0.2) is 9.67 Å². The molecule has 0 unspecified atom stereocenters. The third-order valence-electron chi connectivity index (χ3n) is 4.33. The molecule has 0 saturated heterocycles. The van der Waals surface area contributed by atoms with Gasteiger partial charge < -0.3 is 5.32 Å². The quantitative estimate of drug-likeness (QED) is 0.915. The highest BCUT2D eigenvalue weighted by Gasteiger charge is 2.22. The van der Waals surface area contributed by atoms with E-state index in [1.54, 1.807) is 11.3 Å². The Bertz CT molecular complexity index is 655. The topological polar surface area (TPSA) is 59.8 Å². The number of carbonyl (C=O) groups is 1. The van der Waals surface area contributed by atoms with Gasteiger partial charge in [0.05, 0.1) is 23.4 Å². The van der Waals surface area contributed by atoms with Crippen molar-refractivity contribution in [1.29, 1.82) is 0 Å². The predicted molar refractivity (Wildman–Crippen MR) is 88.3 cm³/mol. The van der Waals surface area contributed by atoms with E-state index in [1.165, 1.54) is 17.7 Å². The number of aryl methyl sites for hydroxylation is 3. The molecule has 118 valence electrons. The number of carbonyl (C=O) groups excluding carboxylic acids is 1. The van der Waals surface area contributed by atoms with E-state index >= 15 is 0 Å². The summed E-state index contributed by atoms with van der Waals surface area (Å²) >= 11 is 1.62. The number of nitrogens with one attached hydrogen (secondary N) is 1. The Morgan fingerprint density at radius 2 is 2.18 bits per heavy atom. The minimum absolute atomic E-state index is 0.0515. The fourth-order valence-corrected chi connectivity index (χ4v) is 3.80. The fourth-order valence-electron chi connectivity index (χ4n) is 3.02. The number of aromatic nitrogens is 3. The van der Waals surface area contributed by atoms with Crippen LogP contribution in [0.25, 0.3) is 0 Å². The first kappa shape index (κ1) is 15.2. The lowest BCUT2D eigenvalue weighted by atomic mass is 10.2. The minimum atomic E-state index is 0.0515. The first-order valence-corrected chi connectivity index (χ1v) is 8.76. The van der Waals surface area contributed by atoms with Crippen LogP contribution in [0.2, 0.25) is 0 Å². The van der Waals surface area contributed by atoms with Gasteiger partial charge in [-0.2, -0.15) is 5.10 Å². The maximum atomic E-state index is 12.3. The zero-order valence-electron chi connectivity index (χ0n) is 13.1. The van der Waals surface area contributed by atoms with Gasteiger partial charge in [0.25, 0.3) is 0 Å². The SMILES string of the molecule is Cc1cnn(C2CCCC2)c1NC(=O)CCc1scnc1C. The number of hydrogen-bond acceptors (Lipinski definition) is 4. The first-order valence-electron chi connectivity index (χ1n) is 7.88. The zero-order chi connectivity index (χ0) is 15.5. The van der Waals surface area contributed by atoms with Gasteiger partial charge in [-0.05, 0) is 33.1 Å². The Hall–Kier alpha value is -1.69. The highest BCUT2D eigenvalue weighted by molar-refractivity contribution is 7.09. The third kappa shape index (κ3) is 3.21. The van der Waals surface area contributed by atoms with Crippen molar-refractivity contribution in [2.45, 2.75) is 58.4 Å². The van der Waals surface area contributed by atoms with Gasteiger partial charge in [-0.1, -0.05) is 12.8 Å². The lowest BCUT2D eigenvalue weighted by molar-refractivity contribution is -0.116. The van der Waals surface area contributed by atoms with Crippen molar-refractivity contribution >= 4 is 23.1 Å². The lowest BCUT2D eigenvalue weighted by Crippen LogP contribution is -2.18. The second-order valence-electron chi connectivity index (χ2n) is 5.97. The van der Waals surface area contributed by atoms with Crippen molar-refractivity contribution in [3.8, 4) is 0 Å². The Morgan fingerprint density at radius 3 is 2.86 bits per heavy atom. The smallest absolute Gasteiger partial charge is 0.225 e. The molecule has 5 nitrogen and oxygen atoms in total. The molecule has 1 N–H and O–H groups in total. The molecular weight excluding hydrogens is 296 g/mol. The van der Waals surface area contributed by atoms with E-state index < -0.39 is 0 Å². The summed E-state index contributed by atoms with van der Waals surface area (Å²) < 4.78 is 2.01. The van der Waals surface area contributed by atoms with Crippen LogP contribution >= 0.6 is 11.3 Å². The highest BCUT2D eigenvalue weighted by Crippen LogP contribution is 2.32. The van der Waals surface area contributed by atoms with Crippen molar-refractivity contribution in [2.75, 3.05) is 5.32 Å². The molecule has 3 rings (SSSR count). The van der Waals surface area contributed by atoms with Gasteiger partial charge in [0.1, 0.15) is 5.82 Å². The number of anilines is 1. The van der Waals surface area contributed by atoms with Crippen LogP contribution in [0.1, 0.15) is 54.3 Å². The van der Waals surface area contributed by atoms with E-state index in [4.69, 9.17) is 0 Å². The maximum Gasteiger partial charge on any atom is 0.225 e. The molecule has 0 aromatic carbocycles. The Balaban J connectivity index is 1.64. The number of rotatable bonds is 5. The molecule has 1 fully saturated rings. The van der Waals surface area contributed by atoms with E-state index in [0.717, 1.165) is 36.3 Å². The van der Waals surface area contributed by atoms with Crippen LogP contribution in [0.3, 0.4) is 0 Å². The van der Waals surface area contributed by atoms with Gasteiger partial charge in [0.15, 0.2) is 0 Å². The Labute approximate surface area is 134 Å². The van der Waals surface area contributed by atoms with Crippen molar-refractivity contribution in [3.63, 3.8) is 0 Å². The predicted octanol–water partition coefficient (Wildman–Crippen LogP) is 3.64. The molecule has 2 heterocycles. The van der Waals surface area contributed by atoms with Crippen LogP contribution in [0.4, 0.5) is 5.82 Å². The number of hydrogen-bond donors (Lipinski definition) is 1. The van der Waals surface area contributed by atoms with Gasteiger partial charge in [0, 0.05) is 16.9 Å². The lowest BCUT2D eigenvalue weighted by Gasteiger charge is -2.15. The van der Waals surface area contributed by atoms with Crippen LogP contribution < -0.4 is 5.32 Å². The molecule has 2 aromatic rings. The summed E-state index contributed by atoms with van der Waals surface area (Å²) in [5.74, 6) is 0.925. The molecule has 0 aliphatic heterocycles. The molecule has 0 spiro atoms. The largest absolute Gasteiger partial charge is 0.311 e. The summed E-state index contributed by atoms with van der Waals surface area (Å²) in [4.78, 5) is 17.7. The summed E-state index contributed by atoms with van der Waals surface area (Å²) in [6, 6.07) is 0.438. The average Bonchev–Trinajstić information content (AvgIpc) is 3.21. The van der Waals surface area contributed by atoms with Crippen molar-refractivity contribution < 1.29 is 4.79 Å². The minimum Gasteiger partial charge on any atom is -0.311 e. The monoisotopic (exact) mass is 318 g/mol.